The smallest absolute Gasteiger partial charge is 0.203 e. The Morgan fingerprint density at radius 1 is 0.958 bits per heavy atom. The van der Waals surface area contributed by atoms with Gasteiger partial charge in [-0.2, -0.15) is 0 Å². The van der Waals surface area contributed by atoms with Gasteiger partial charge in [0, 0.05) is 23.0 Å². The molecular weight excluding hydrogens is 302 g/mol. The molecule has 0 aliphatic carbocycles. The van der Waals surface area contributed by atoms with E-state index in [1.54, 1.807) is 21.3 Å². The molecule has 24 heavy (non-hydrogen) atoms. The second kappa shape index (κ2) is 6.87. The molecule has 126 valence electrons. The van der Waals surface area contributed by atoms with Crippen molar-refractivity contribution in [3.05, 3.63) is 53.7 Å². The fourth-order valence-electron chi connectivity index (χ4n) is 3.32. The lowest BCUT2D eigenvalue weighted by Crippen LogP contribution is -2.02. The molecular formula is C20H23NO3. The third-order valence-corrected chi connectivity index (χ3v) is 4.49. The van der Waals surface area contributed by atoms with E-state index < -0.39 is 0 Å². The maximum atomic E-state index is 5.51. The fourth-order valence-corrected chi connectivity index (χ4v) is 3.32. The highest BCUT2D eigenvalue weighted by molar-refractivity contribution is 5.84. The van der Waals surface area contributed by atoms with E-state index in [4.69, 9.17) is 14.2 Å². The Balaban J connectivity index is 2.14. The zero-order valence-corrected chi connectivity index (χ0v) is 14.6. The summed E-state index contributed by atoms with van der Waals surface area (Å²) in [6.45, 7) is 2.19. The second-order valence-electron chi connectivity index (χ2n) is 5.71. The Bertz CT molecular complexity index is 813. The van der Waals surface area contributed by atoms with Crippen LogP contribution in [0.3, 0.4) is 0 Å². The summed E-state index contributed by atoms with van der Waals surface area (Å²) in [7, 11) is 4.92. The third-order valence-electron chi connectivity index (χ3n) is 4.49. The van der Waals surface area contributed by atoms with Crippen molar-refractivity contribution in [2.24, 2.45) is 0 Å². The number of hydrogen-bond acceptors (Lipinski definition) is 3. The van der Waals surface area contributed by atoms with Crippen molar-refractivity contribution < 1.29 is 14.2 Å². The van der Waals surface area contributed by atoms with Gasteiger partial charge in [-0.1, -0.05) is 25.1 Å². The molecule has 2 aromatic carbocycles. The largest absolute Gasteiger partial charge is 0.493 e. The molecule has 0 amide bonds. The van der Waals surface area contributed by atoms with Gasteiger partial charge in [-0.05, 0) is 35.7 Å². The summed E-state index contributed by atoms with van der Waals surface area (Å²) in [6.07, 6.45) is 3.07. The van der Waals surface area contributed by atoms with E-state index in [0.29, 0.717) is 17.2 Å². The number of aromatic amines is 1. The van der Waals surface area contributed by atoms with Crippen molar-refractivity contribution in [2.75, 3.05) is 21.3 Å². The summed E-state index contributed by atoms with van der Waals surface area (Å²) in [5, 5.41) is 1.25. The number of benzene rings is 2. The molecule has 0 saturated heterocycles. The normalized spacial score (nSPS) is 12.2. The van der Waals surface area contributed by atoms with Gasteiger partial charge in [0.25, 0.3) is 0 Å². The van der Waals surface area contributed by atoms with E-state index in [-0.39, 0.29) is 5.92 Å². The molecule has 0 radical (unpaired) electrons. The molecule has 3 aromatic rings. The quantitative estimate of drug-likeness (QED) is 0.712. The fraction of sp³-hybridized carbons (Fsp3) is 0.300. The summed E-state index contributed by atoms with van der Waals surface area (Å²) in [5.74, 6) is 2.24. The number of nitrogens with one attached hydrogen (secondary N) is 1. The van der Waals surface area contributed by atoms with Crippen LogP contribution in [0.4, 0.5) is 0 Å². The van der Waals surface area contributed by atoms with E-state index in [1.807, 2.05) is 18.2 Å². The Morgan fingerprint density at radius 3 is 2.21 bits per heavy atom. The molecule has 0 aliphatic heterocycles. The van der Waals surface area contributed by atoms with Gasteiger partial charge in [0.05, 0.1) is 21.3 Å². The lowest BCUT2D eigenvalue weighted by Gasteiger charge is -2.19. The summed E-state index contributed by atoms with van der Waals surface area (Å²) in [4.78, 5) is 3.37. The molecule has 4 nitrogen and oxygen atoms in total. The van der Waals surface area contributed by atoms with Gasteiger partial charge in [-0.15, -0.1) is 0 Å². The summed E-state index contributed by atoms with van der Waals surface area (Å²) in [6, 6.07) is 12.4. The molecule has 1 heterocycles. The molecule has 0 saturated carbocycles. The minimum Gasteiger partial charge on any atom is -0.493 e. The average Bonchev–Trinajstić information content (AvgIpc) is 3.05. The molecule has 3 rings (SSSR count). The van der Waals surface area contributed by atoms with E-state index in [0.717, 1.165) is 17.5 Å². The van der Waals surface area contributed by atoms with Crippen molar-refractivity contribution in [1.82, 2.24) is 4.98 Å². The van der Waals surface area contributed by atoms with Crippen LogP contribution in [0.25, 0.3) is 10.9 Å². The van der Waals surface area contributed by atoms with Crippen LogP contribution in [0.2, 0.25) is 0 Å². The van der Waals surface area contributed by atoms with E-state index in [2.05, 4.69) is 36.3 Å². The van der Waals surface area contributed by atoms with Crippen LogP contribution >= 0.6 is 0 Å². The predicted octanol–water partition coefficient (Wildman–Crippen LogP) is 4.74. The van der Waals surface area contributed by atoms with Gasteiger partial charge in [-0.25, -0.2) is 0 Å². The van der Waals surface area contributed by atoms with Crippen molar-refractivity contribution in [1.29, 1.82) is 0 Å². The maximum Gasteiger partial charge on any atom is 0.203 e. The molecule has 1 atom stereocenters. The van der Waals surface area contributed by atoms with Crippen molar-refractivity contribution >= 4 is 10.9 Å². The average molecular weight is 325 g/mol. The summed E-state index contributed by atoms with van der Waals surface area (Å²) >= 11 is 0. The van der Waals surface area contributed by atoms with Crippen LogP contribution in [-0.4, -0.2) is 26.3 Å². The number of hydrogen-bond donors (Lipinski definition) is 1. The van der Waals surface area contributed by atoms with Crippen molar-refractivity contribution in [3.63, 3.8) is 0 Å². The minimum absolute atomic E-state index is 0.245. The van der Waals surface area contributed by atoms with Crippen LogP contribution in [0, 0.1) is 0 Å². The van der Waals surface area contributed by atoms with Gasteiger partial charge in [0.2, 0.25) is 5.75 Å². The summed E-state index contributed by atoms with van der Waals surface area (Å²) < 4.78 is 16.4. The van der Waals surface area contributed by atoms with Gasteiger partial charge >= 0.3 is 0 Å². The molecule has 0 fully saturated rings. The first-order chi connectivity index (χ1) is 11.7. The predicted molar refractivity (Wildman–Crippen MR) is 96.5 cm³/mol. The van der Waals surface area contributed by atoms with E-state index in [1.165, 1.54) is 10.9 Å². The number of para-hydroxylation sites is 1. The number of rotatable bonds is 6. The van der Waals surface area contributed by atoms with Crippen molar-refractivity contribution in [3.8, 4) is 17.2 Å². The highest BCUT2D eigenvalue weighted by atomic mass is 16.5. The Kier molecular flexibility index (Phi) is 4.65. The number of fused-ring (bicyclic) bond motifs is 1. The van der Waals surface area contributed by atoms with Crippen LogP contribution in [0.1, 0.15) is 30.4 Å². The topological polar surface area (TPSA) is 43.5 Å². The van der Waals surface area contributed by atoms with E-state index in [9.17, 15) is 0 Å². The zero-order valence-electron chi connectivity index (χ0n) is 14.6. The first-order valence-electron chi connectivity index (χ1n) is 8.09. The minimum atomic E-state index is 0.245. The Hall–Kier alpha value is -2.62. The Morgan fingerprint density at radius 2 is 1.62 bits per heavy atom. The van der Waals surface area contributed by atoms with Crippen molar-refractivity contribution in [2.45, 2.75) is 19.3 Å². The molecule has 4 heteroatoms. The van der Waals surface area contributed by atoms with Gasteiger partial charge in [0.1, 0.15) is 0 Å². The van der Waals surface area contributed by atoms with Gasteiger partial charge in [-0.3, -0.25) is 0 Å². The molecule has 0 aliphatic rings. The van der Waals surface area contributed by atoms with Crippen LogP contribution in [-0.2, 0) is 0 Å². The lowest BCUT2D eigenvalue weighted by molar-refractivity contribution is 0.323. The SMILES string of the molecule is CCC(c1cc(OC)c(OC)c(OC)c1)c1c[nH]c2ccccc12. The molecule has 1 aromatic heterocycles. The first-order valence-corrected chi connectivity index (χ1v) is 8.09. The highest BCUT2D eigenvalue weighted by Crippen LogP contribution is 2.43. The van der Waals surface area contributed by atoms with Crippen LogP contribution < -0.4 is 14.2 Å². The van der Waals surface area contributed by atoms with Gasteiger partial charge < -0.3 is 19.2 Å². The first kappa shape index (κ1) is 16.2. The number of methoxy groups -OCH3 is 3. The Labute approximate surface area is 142 Å². The molecule has 0 bridgehead atoms. The van der Waals surface area contributed by atoms with E-state index >= 15 is 0 Å². The molecule has 1 unspecified atom stereocenters. The van der Waals surface area contributed by atoms with Gasteiger partial charge in [0.15, 0.2) is 11.5 Å². The number of ether oxygens (including phenoxy) is 3. The highest BCUT2D eigenvalue weighted by Gasteiger charge is 2.21. The van der Waals surface area contributed by atoms with Crippen LogP contribution in [0.15, 0.2) is 42.6 Å². The molecule has 1 N–H and O–H groups in total. The maximum absolute atomic E-state index is 5.51. The summed E-state index contributed by atoms with van der Waals surface area (Å²) in [5.41, 5.74) is 3.58. The van der Waals surface area contributed by atoms with Crippen LogP contribution in [0.5, 0.6) is 17.2 Å². The standard InChI is InChI=1S/C20H23NO3/c1-5-14(16-12-21-17-9-7-6-8-15(16)17)13-10-18(22-2)20(24-4)19(11-13)23-3/h6-12,14,21H,5H2,1-4H3. The third kappa shape index (κ3) is 2.68. The zero-order chi connectivity index (χ0) is 17.1. The second-order valence-corrected chi connectivity index (χ2v) is 5.71. The monoisotopic (exact) mass is 325 g/mol. The number of H-pyrrole nitrogens is 1. The lowest BCUT2D eigenvalue weighted by atomic mass is 9.88. The number of aromatic nitrogens is 1. The molecule has 0 spiro atoms.